The van der Waals surface area contributed by atoms with Crippen LogP contribution in [-0.4, -0.2) is 23.6 Å². The lowest BCUT2D eigenvalue weighted by atomic mass is 10.1. The fourth-order valence-corrected chi connectivity index (χ4v) is 2.56. The zero-order chi connectivity index (χ0) is 14.4. The van der Waals surface area contributed by atoms with Crippen molar-refractivity contribution in [2.45, 2.75) is 26.3 Å². The van der Waals surface area contributed by atoms with Gasteiger partial charge in [0.25, 0.3) is 0 Å². The predicted octanol–water partition coefficient (Wildman–Crippen LogP) is 3.36. The van der Waals surface area contributed by atoms with Gasteiger partial charge in [-0.15, -0.1) is 0 Å². The molecule has 0 spiro atoms. The van der Waals surface area contributed by atoms with Crippen LogP contribution >= 0.6 is 11.3 Å². The van der Waals surface area contributed by atoms with Crippen LogP contribution in [0.1, 0.15) is 29.8 Å². The molecule has 2 heterocycles. The molecule has 1 atom stereocenters. The molecule has 1 N–H and O–H groups in total. The second-order valence-corrected chi connectivity index (χ2v) is 5.31. The van der Waals surface area contributed by atoms with Crippen molar-refractivity contribution in [2.75, 3.05) is 11.9 Å². The second-order valence-electron chi connectivity index (χ2n) is 4.53. The summed E-state index contributed by atoms with van der Waals surface area (Å²) in [7, 11) is 0. The van der Waals surface area contributed by atoms with Crippen molar-refractivity contribution in [2.24, 2.45) is 0 Å². The Balaban J connectivity index is 1.91. The van der Waals surface area contributed by atoms with E-state index < -0.39 is 0 Å². The highest BCUT2D eigenvalue weighted by molar-refractivity contribution is 7.07. The normalized spacial score (nSPS) is 11.9. The van der Waals surface area contributed by atoms with E-state index in [4.69, 9.17) is 4.74 Å². The molecule has 0 bridgehead atoms. The summed E-state index contributed by atoms with van der Waals surface area (Å²) in [5.74, 6) is 0.429. The molecular weight excluding hydrogens is 272 g/mol. The Morgan fingerprint density at radius 2 is 2.30 bits per heavy atom. The molecule has 4 nitrogen and oxygen atoms in total. The number of pyridine rings is 1. The smallest absolute Gasteiger partial charge is 0.339 e. The van der Waals surface area contributed by atoms with Gasteiger partial charge in [-0.25, -0.2) is 9.78 Å². The van der Waals surface area contributed by atoms with Gasteiger partial charge in [-0.3, -0.25) is 0 Å². The molecule has 2 aromatic heterocycles. The summed E-state index contributed by atoms with van der Waals surface area (Å²) in [6.07, 6.45) is 2.49. The van der Waals surface area contributed by atoms with Crippen LogP contribution in [0, 0.1) is 0 Å². The molecule has 5 heteroatoms. The Hall–Kier alpha value is -1.88. The third-order valence-corrected chi connectivity index (χ3v) is 3.52. The number of esters is 1. The average molecular weight is 290 g/mol. The van der Waals surface area contributed by atoms with Gasteiger partial charge in [0.15, 0.2) is 0 Å². The topological polar surface area (TPSA) is 51.2 Å². The Morgan fingerprint density at radius 1 is 1.45 bits per heavy atom. The van der Waals surface area contributed by atoms with Gasteiger partial charge in [0.2, 0.25) is 0 Å². The number of thiophene rings is 1. The highest BCUT2D eigenvalue weighted by Gasteiger charge is 2.08. The van der Waals surface area contributed by atoms with Crippen LogP contribution < -0.4 is 5.32 Å². The lowest BCUT2D eigenvalue weighted by Gasteiger charge is -2.13. The Morgan fingerprint density at radius 3 is 2.90 bits per heavy atom. The van der Waals surface area contributed by atoms with Crippen molar-refractivity contribution in [1.29, 1.82) is 0 Å². The van der Waals surface area contributed by atoms with Gasteiger partial charge < -0.3 is 10.1 Å². The van der Waals surface area contributed by atoms with Gasteiger partial charge in [-0.2, -0.15) is 11.3 Å². The molecule has 1 unspecified atom stereocenters. The summed E-state index contributed by atoms with van der Waals surface area (Å²) in [6, 6.07) is 5.94. The van der Waals surface area contributed by atoms with E-state index in [9.17, 15) is 4.79 Å². The van der Waals surface area contributed by atoms with E-state index in [1.807, 2.05) is 0 Å². The first-order chi connectivity index (χ1) is 9.69. The maximum absolute atomic E-state index is 11.5. The minimum atomic E-state index is -0.335. The van der Waals surface area contributed by atoms with Crippen LogP contribution in [-0.2, 0) is 11.2 Å². The molecule has 0 radical (unpaired) electrons. The number of aromatic nitrogens is 1. The van der Waals surface area contributed by atoms with Crippen molar-refractivity contribution in [3.63, 3.8) is 0 Å². The van der Waals surface area contributed by atoms with Gasteiger partial charge in [-0.1, -0.05) is 0 Å². The molecule has 0 fully saturated rings. The number of carbonyl (C=O) groups is 1. The van der Waals surface area contributed by atoms with Crippen LogP contribution in [0.3, 0.4) is 0 Å². The average Bonchev–Trinajstić information content (AvgIpc) is 2.92. The van der Waals surface area contributed by atoms with Crippen LogP contribution in [0.2, 0.25) is 0 Å². The summed E-state index contributed by atoms with van der Waals surface area (Å²) in [4.78, 5) is 15.8. The van der Waals surface area contributed by atoms with Crippen LogP contribution in [0.5, 0.6) is 0 Å². The standard InChI is InChI=1S/C15H18N2O2S/c1-3-19-15(18)13-4-5-14(16-9-13)17-11(2)8-12-6-7-20-10-12/h4-7,9-11H,3,8H2,1-2H3,(H,16,17). The molecule has 2 rings (SSSR count). The lowest BCUT2D eigenvalue weighted by molar-refractivity contribution is 0.0526. The summed E-state index contributed by atoms with van der Waals surface area (Å²) >= 11 is 1.70. The Labute approximate surface area is 122 Å². The van der Waals surface area contributed by atoms with Crippen molar-refractivity contribution in [3.05, 3.63) is 46.3 Å². The minimum absolute atomic E-state index is 0.283. The number of hydrogen-bond donors (Lipinski definition) is 1. The third-order valence-electron chi connectivity index (χ3n) is 2.79. The molecule has 0 amide bonds. The SMILES string of the molecule is CCOC(=O)c1ccc(NC(C)Cc2ccsc2)nc1. The molecule has 106 valence electrons. The van der Waals surface area contributed by atoms with E-state index in [2.05, 4.69) is 34.1 Å². The summed E-state index contributed by atoms with van der Waals surface area (Å²) in [6.45, 7) is 4.27. The summed E-state index contributed by atoms with van der Waals surface area (Å²) in [5, 5.41) is 7.55. The molecule has 0 aliphatic heterocycles. The summed E-state index contributed by atoms with van der Waals surface area (Å²) in [5.41, 5.74) is 1.79. The monoisotopic (exact) mass is 290 g/mol. The van der Waals surface area contributed by atoms with Crippen LogP contribution in [0.15, 0.2) is 35.2 Å². The maximum Gasteiger partial charge on any atom is 0.339 e. The van der Waals surface area contributed by atoms with Gasteiger partial charge in [0.1, 0.15) is 5.82 Å². The number of hydrogen-bond acceptors (Lipinski definition) is 5. The number of nitrogens with zero attached hydrogens (tertiary/aromatic N) is 1. The number of anilines is 1. The van der Waals surface area contributed by atoms with Crippen molar-refractivity contribution in [1.82, 2.24) is 4.98 Å². The Bertz CT molecular complexity index is 538. The number of carbonyl (C=O) groups excluding carboxylic acids is 1. The maximum atomic E-state index is 11.5. The second kappa shape index (κ2) is 7.05. The highest BCUT2D eigenvalue weighted by Crippen LogP contribution is 2.12. The molecule has 0 aliphatic carbocycles. The van der Waals surface area contributed by atoms with Gasteiger partial charge in [-0.05, 0) is 54.8 Å². The quantitative estimate of drug-likeness (QED) is 0.829. The molecule has 0 aromatic carbocycles. The lowest BCUT2D eigenvalue weighted by Crippen LogP contribution is -2.18. The van der Waals surface area contributed by atoms with E-state index >= 15 is 0 Å². The van der Waals surface area contributed by atoms with Crippen molar-refractivity contribution < 1.29 is 9.53 Å². The zero-order valence-corrected chi connectivity index (χ0v) is 12.4. The zero-order valence-electron chi connectivity index (χ0n) is 11.6. The first-order valence-corrected chi connectivity index (χ1v) is 7.54. The summed E-state index contributed by atoms with van der Waals surface area (Å²) < 4.78 is 4.92. The van der Waals surface area contributed by atoms with Crippen LogP contribution in [0.25, 0.3) is 0 Å². The van der Waals surface area contributed by atoms with E-state index in [1.165, 1.54) is 11.8 Å². The fourth-order valence-electron chi connectivity index (χ4n) is 1.88. The minimum Gasteiger partial charge on any atom is -0.462 e. The van der Waals surface area contributed by atoms with E-state index in [0.29, 0.717) is 12.2 Å². The van der Waals surface area contributed by atoms with Gasteiger partial charge in [0.05, 0.1) is 12.2 Å². The molecule has 20 heavy (non-hydrogen) atoms. The van der Waals surface area contributed by atoms with Crippen molar-refractivity contribution >= 4 is 23.1 Å². The largest absolute Gasteiger partial charge is 0.462 e. The van der Waals surface area contributed by atoms with Gasteiger partial charge >= 0.3 is 5.97 Å². The Kier molecular flexibility index (Phi) is 5.12. The fraction of sp³-hybridized carbons (Fsp3) is 0.333. The molecule has 0 saturated carbocycles. The molecular formula is C15H18N2O2S. The van der Waals surface area contributed by atoms with E-state index in [1.54, 1.807) is 30.4 Å². The molecule has 2 aromatic rings. The number of rotatable bonds is 6. The first kappa shape index (κ1) is 14.5. The van der Waals surface area contributed by atoms with E-state index in [0.717, 1.165) is 12.2 Å². The number of nitrogens with one attached hydrogen (secondary N) is 1. The van der Waals surface area contributed by atoms with Gasteiger partial charge in [0, 0.05) is 12.2 Å². The number of ether oxygens (including phenoxy) is 1. The van der Waals surface area contributed by atoms with Crippen LogP contribution in [0.4, 0.5) is 5.82 Å². The highest BCUT2D eigenvalue weighted by atomic mass is 32.1. The third kappa shape index (κ3) is 4.06. The molecule has 0 aliphatic rings. The first-order valence-electron chi connectivity index (χ1n) is 6.60. The predicted molar refractivity (Wildman–Crippen MR) is 81.3 cm³/mol. The molecule has 0 saturated heterocycles. The van der Waals surface area contributed by atoms with E-state index in [-0.39, 0.29) is 12.0 Å². The van der Waals surface area contributed by atoms with Crippen molar-refractivity contribution in [3.8, 4) is 0 Å².